The average Bonchev–Trinajstić information content (AvgIpc) is 2.85. The summed E-state index contributed by atoms with van der Waals surface area (Å²) in [5.41, 5.74) is 2.25. The summed E-state index contributed by atoms with van der Waals surface area (Å²) in [5.74, 6) is -0.101. The van der Waals surface area contributed by atoms with Crippen molar-refractivity contribution in [1.82, 2.24) is 20.5 Å². The van der Waals surface area contributed by atoms with Crippen molar-refractivity contribution in [1.29, 1.82) is 0 Å². The molecule has 1 amide bonds. The summed E-state index contributed by atoms with van der Waals surface area (Å²) >= 11 is 0. The molecule has 4 rings (SSSR count). The molecule has 3 aromatic rings. The first kappa shape index (κ1) is 23.9. The van der Waals surface area contributed by atoms with Crippen molar-refractivity contribution in [2.45, 2.75) is 31.9 Å². The molecule has 1 saturated heterocycles. The molecule has 1 aliphatic heterocycles. The van der Waals surface area contributed by atoms with Crippen LogP contribution in [0.1, 0.15) is 46.9 Å². The number of nitrogens with one attached hydrogen (secondary N) is 3. The molecule has 34 heavy (non-hydrogen) atoms. The number of phenolic OH excluding ortho intramolecular Hbond substituents is 1. The summed E-state index contributed by atoms with van der Waals surface area (Å²) in [6, 6.07) is 13.5. The van der Waals surface area contributed by atoms with Crippen LogP contribution < -0.4 is 16.2 Å². The molecule has 1 fully saturated rings. The monoisotopic (exact) mass is 464 g/mol. The maximum atomic E-state index is 12.4. The Morgan fingerprint density at radius 1 is 1.03 bits per heavy atom. The number of aliphatic hydroxyl groups excluding tert-OH is 1. The van der Waals surface area contributed by atoms with Gasteiger partial charge in [0.05, 0.1) is 11.6 Å². The summed E-state index contributed by atoms with van der Waals surface area (Å²) in [6.45, 7) is 4.60. The number of likely N-dealkylation sites (tertiary alicyclic amines) is 1. The zero-order chi connectivity index (χ0) is 23.9. The van der Waals surface area contributed by atoms with Crippen LogP contribution in [0.15, 0.2) is 53.3 Å². The molecule has 2 heterocycles. The fourth-order valence-electron chi connectivity index (χ4n) is 4.40. The number of rotatable bonds is 9. The topological polar surface area (TPSA) is 118 Å². The van der Waals surface area contributed by atoms with E-state index in [0.29, 0.717) is 35.1 Å². The number of aliphatic hydroxyl groups is 1. The van der Waals surface area contributed by atoms with E-state index < -0.39 is 6.10 Å². The Kier molecular flexibility index (Phi) is 7.95. The summed E-state index contributed by atoms with van der Waals surface area (Å²) in [7, 11) is 0. The molecule has 8 nitrogen and oxygen atoms in total. The summed E-state index contributed by atoms with van der Waals surface area (Å²) in [4.78, 5) is 29.0. The molecule has 1 aliphatic rings. The van der Waals surface area contributed by atoms with Crippen LogP contribution in [-0.4, -0.2) is 58.7 Å². The van der Waals surface area contributed by atoms with Crippen LogP contribution in [0.3, 0.4) is 0 Å². The number of hydrogen-bond acceptors (Lipinski definition) is 6. The number of aromatic hydroxyl groups is 1. The Balaban J connectivity index is 1.26. The van der Waals surface area contributed by atoms with E-state index in [9.17, 15) is 19.8 Å². The number of hydrogen-bond donors (Lipinski definition) is 5. The molecule has 0 saturated carbocycles. The first-order valence-corrected chi connectivity index (χ1v) is 11.8. The van der Waals surface area contributed by atoms with Crippen LogP contribution >= 0.6 is 0 Å². The van der Waals surface area contributed by atoms with Crippen molar-refractivity contribution in [2.24, 2.45) is 0 Å². The first-order chi connectivity index (χ1) is 16.5. The van der Waals surface area contributed by atoms with Gasteiger partial charge in [-0.05, 0) is 61.3 Å². The summed E-state index contributed by atoms with van der Waals surface area (Å²) in [6.07, 6.45) is 2.97. The fourth-order valence-corrected chi connectivity index (χ4v) is 4.40. The van der Waals surface area contributed by atoms with E-state index in [0.717, 1.165) is 25.2 Å². The number of amides is 1. The largest absolute Gasteiger partial charge is 0.506 e. The number of phenols is 1. The predicted octanol–water partition coefficient (Wildman–Crippen LogP) is 2.27. The van der Waals surface area contributed by atoms with Gasteiger partial charge < -0.3 is 30.7 Å². The van der Waals surface area contributed by atoms with Crippen molar-refractivity contribution >= 4 is 16.8 Å². The van der Waals surface area contributed by atoms with Crippen molar-refractivity contribution in [3.8, 4) is 5.75 Å². The van der Waals surface area contributed by atoms with Gasteiger partial charge in [-0.25, -0.2) is 0 Å². The van der Waals surface area contributed by atoms with Gasteiger partial charge in [0.2, 0.25) is 5.56 Å². The summed E-state index contributed by atoms with van der Waals surface area (Å²) in [5, 5.41) is 27.5. The van der Waals surface area contributed by atoms with Crippen LogP contribution in [0, 0.1) is 0 Å². The van der Waals surface area contributed by atoms with E-state index in [-0.39, 0.29) is 23.8 Å². The third-order valence-electron chi connectivity index (χ3n) is 6.31. The highest BCUT2D eigenvalue weighted by Gasteiger charge is 2.14. The number of benzene rings is 2. The Labute approximate surface area is 198 Å². The number of H-pyrrole nitrogens is 1. The standard InChI is InChI=1S/C26H32N4O4/c31-22-10-8-20(21-9-11-24(33)29-25(21)22)23(32)17-27-16-18-4-6-19(7-5-18)26(34)28-12-15-30-13-2-1-3-14-30/h4-11,23,27,31-32H,1-3,12-17H2,(H,28,34)(H,29,33)/t23-/m0/s1. The van der Waals surface area contributed by atoms with Gasteiger partial charge in [-0.1, -0.05) is 24.6 Å². The minimum Gasteiger partial charge on any atom is -0.506 e. The van der Waals surface area contributed by atoms with Gasteiger partial charge in [-0.15, -0.1) is 0 Å². The number of carbonyl (C=O) groups is 1. The SMILES string of the molecule is O=C(NCCN1CCCCC1)c1ccc(CNC[C@H](O)c2ccc(O)c3[nH]c(=O)ccc23)cc1. The fraction of sp³-hybridized carbons (Fsp3) is 0.385. The number of fused-ring (bicyclic) bond motifs is 1. The van der Waals surface area contributed by atoms with Crippen LogP contribution in [0.25, 0.3) is 10.9 Å². The molecule has 5 N–H and O–H groups in total. The molecule has 180 valence electrons. The highest BCUT2D eigenvalue weighted by molar-refractivity contribution is 5.94. The molecule has 2 aromatic carbocycles. The number of carbonyl (C=O) groups excluding carboxylic acids is 1. The van der Waals surface area contributed by atoms with E-state index in [4.69, 9.17) is 0 Å². The minimum absolute atomic E-state index is 0.0350. The zero-order valence-electron chi connectivity index (χ0n) is 19.2. The molecule has 0 aliphatic carbocycles. The number of pyridine rings is 1. The lowest BCUT2D eigenvalue weighted by atomic mass is 10.0. The second-order valence-corrected chi connectivity index (χ2v) is 8.79. The molecule has 1 atom stereocenters. The maximum absolute atomic E-state index is 12.4. The Hall–Kier alpha value is -3.20. The van der Waals surface area contributed by atoms with Gasteiger partial charge in [0, 0.05) is 43.2 Å². The smallest absolute Gasteiger partial charge is 0.251 e. The quantitative estimate of drug-likeness (QED) is 0.332. The predicted molar refractivity (Wildman–Crippen MR) is 132 cm³/mol. The number of nitrogens with zero attached hydrogens (tertiary/aromatic N) is 1. The minimum atomic E-state index is -0.820. The third-order valence-corrected chi connectivity index (χ3v) is 6.31. The van der Waals surface area contributed by atoms with E-state index in [1.807, 2.05) is 24.3 Å². The van der Waals surface area contributed by atoms with E-state index >= 15 is 0 Å². The van der Waals surface area contributed by atoms with Gasteiger partial charge in [-0.3, -0.25) is 9.59 Å². The van der Waals surface area contributed by atoms with Crippen molar-refractivity contribution in [3.05, 3.63) is 75.6 Å². The first-order valence-electron chi connectivity index (χ1n) is 11.8. The maximum Gasteiger partial charge on any atom is 0.251 e. The van der Waals surface area contributed by atoms with Crippen LogP contribution in [0.5, 0.6) is 5.75 Å². The average molecular weight is 465 g/mol. The molecule has 0 unspecified atom stereocenters. The molecule has 0 spiro atoms. The molecule has 8 heteroatoms. The highest BCUT2D eigenvalue weighted by Crippen LogP contribution is 2.28. The van der Waals surface area contributed by atoms with Gasteiger partial charge in [0.25, 0.3) is 5.91 Å². The highest BCUT2D eigenvalue weighted by atomic mass is 16.3. The van der Waals surface area contributed by atoms with E-state index in [2.05, 4.69) is 20.5 Å². The molecular weight excluding hydrogens is 432 g/mol. The van der Waals surface area contributed by atoms with Crippen LogP contribution in [0.2, 0.25) is 0 Å². The second kappa shape index (κ2) is 11.3. The van der Waals surface area contributed by atoms with Gasteiger partial charge in [-0.2, -0.15) is 0 Å². The Morgan fingerprint density at radius 3 is 2.56 bits per heavy atom. The Bertz CT molecular complexity index is 1170. The number of aromatic nitrogens is 1. The lowest BCUT2D eigenvalue weighted by Gasteiger charge is -2.26. The van der Waals surface area contributed by atoms with Gasteiger partial charge in [0.15, 0.2) is 0 Å². The van der Waals surface area contributed by atoms with Crippen molar-refractivity contribution < 1.29 is 15.0 Å². The Morgan fingerprint density at radius 2 is 1.79 bits per heavy atom. The third kappa shape index (κ3) is 6.02. The molecule has 0 radical (unpaired) electrons. The van der Waals surface area contributed by atoms with E-state index in [1.165, 1.54) is 31.4 Å². The zero-order valence-corrected chi connectivity index (χ0v) is 19.2. The second-order valence-electron chi connectivity index (χ2n) is 8.79. The van der Waals surface area contributed by atoms with Gasteiger partial charge in [0.1, 0.15) is 5.75 Å². The summed E-state index contributed by atoms with van der Waals surface area (Å²) < 4.78 is 0. The van der Waals surface area contributed by atoms with Crippen molar-refractivity contribution in [2.75, 3.05) is 32.7 Å². The van der Waals surface area contributed by atoms with Gasteiger partial charge >= 0.3 is 0 Å². The number of aromatic amines is 1. The van der Waals surface area contributed by atoms with Crippen LogP contribution in [0.4, 0.5) is 0 Å². The molecule has 1 aromatic heterocycles. The van der Waals surface area contributed by atoms with Crippen LogP contribution in [-0.2, 0) is 6.54 Å². The normalized spacial score (nSPS) is 15.3. The lowest BCUT2D eigenvalue weighted by molar-refractivity contribution is 0.0946. The van der Waals surface area contributed by atoms with Crippen molar-refractivity contribution in [3.63, 3.8) is 0 Å². The molecular formula is C26H32N4O4. The molecule has 0 bridgehead atoms. The lowest BCUT2D eigenvalue weighted by Crippen LogP contribution is -2.37. The number of piperidine rings is 1. The van der Waals surface area contributed by atoms with E-state index in [1.54, 1.807) is 12.1 Å².